The van der Waals surface area contributed by atoms with Crippen molar-refractivity contribution in [2.45, 2.75) is 154 Å². The molecule has 12 N–H and O–H groups in total. The van der Waals surface area contributed by atoms with Gasteiger partial charge in [0, 0.05) is 52.1 Å². The number of halogens is 8. The first-order valence-electron chi connectivity index (χ1n) is 48.4. The third kappa shape index (κ3) is 54.2. The van der Waals surface area contributed by atoms with Crippen molar-refractivity contribution in [3.8, 4) is 0 Å². The predicted molar refractivity (Wildman–Crippen MR) is 565 cm³/mol. The highest BCUT2D eigenvalue weighted by atomic mass is 35.5. The molecule has 2 heterocycles. The van der Waals surface area contributed by atoms with E-state index in [0.29, 0.717) is 280 Å². The molecule has 0 aromatic heterocycles. The van der Waals surface area contributed by atoms with Crippen LogP contribution in [0.5, 0.6) is 0 Å². The van der Waals surface area contributed by atoms with Crippen LogP contribution in [0.25, 0.3) is 0 Å². The van der Waals surface area contributed by atoms with E-state index >= 15 is 0 Å². The molecular formula is C110H162Cl8N2O24. The summed E-state index contributed by atoms with van der Waals surface area (Å²) in [4.78, 5) is 25.9. The molecule has 8 aromatic rings. The molecule has 10 rings (SSSR count). The van der Waals surface area contributed by atoms with Crippen molar-refractivity contribution in [3.63, 3.8) is 0 Å². The molecule has 26 nitrogen and oxygen atoms in total. The highest BCUT2D eigenvalue weighted by Gasteiger charge is 2.39. The van der Waals surface area contributed by atoms with E-state index in [4.69, 9.17) is 155 Å². The molecule has 0 aliphatic carbocycles. The Bertz CT molecular complexity index is 3810. The van der Waals surface area contributed by atoms with E-state index in [-0.39, 0.29) is 93.5 Å². The number of nitrogens with two attached hydrogens (primary N) is 2. The summed E-state index contributed by atoms with van der Waals surface area (Å²) in [6.45, 7) is 48.2. The quantitative estimate of drug-likeness (QED) is 0.0362. The van der Waals surface area contributed by atoms with Gasteiger partial charge in [0.05, 0.1) is 251 Å². The average molecular weight is 2180 g/mol. The Labute approximate surface area is 898 Å². The summed E-state index contributed by atoms with van der Waals surface area (Å²) in [6, 6.07) is 60.9. The fourth-order valence-electron chi connectivity index (χ4n) is 14.9. The molecule has 2 fully saturated rings. The molecule has 0 atom stereocenters. The molecule has 0 spiro atoms. The molecule has 34 heteroatoms. The maximum Gasteiger partial charge on any atom is 0.311 e. The smallest absolute Gasteiger partial charge is 0.311 e. The van der Waals surface area contributed by atoms with Gasteiger partial charge in [-0.3, -0.25) is 9.59 Å². The Morgan fingerprint density at radius 1 is 0.236 bits per heavy atom. The first kappa shape index (κ1) is 136. The highest BCUT2D eigenvalue weighted by Crippen LogP contribution is 2.46. The van der Waals surface area contributed by atoms with E-state index in [1.807, 2.05) is 146 Å². The fourth-order valence-corrected chi connectivity index (χ4v) is 15.7. The van der Waals surface area contributed by atoms with Crippen LogP contribution in [-0.4, -0.2) is 272 Å². The van der Waals surface area contributed by atoms with E-state index in [1.165, 1.54) is 33.4 Å². The molecule has 812 valence electrons. The number of carbonyl (C=O) groups excluding carboxylic acids is 2. The third-order valence-electron chi connectivity index (χ3n) is 22.8. The largest absolute Gasteiger partial charge is 1.00 e. The summed E-state index contributed by atoms with van der Waals surface area (Å²) in [6.07, 6.45) is 1.73. The molecule has 0 radical (unpaired) electrons. The van der Waals surface area contributed by atoms with Gasteiger partial charge in [-0.1, -0.05) is 238 Å². The minimum absolute atomic E-state index is 0. The van der Waals surface area contributed by atoms with Crippen LogP contribution >= 0.6 is 69.6 Å². The minimum Gasteiger partial charge on any atom is -1.00 e. The number of hydrogen-bond acceptors (Lipinski definition) is 20. The van der Waals surface area contributed by atoms with Crippen LogP contribution < -0.4 is 35.4 Å². The van der Waals surface area contributed by atoms with Crippen molar-refractivity contribution >= 4 is 81.5 Å². The van der Waals surface area contributed by atoms with E-state index in [2.05, 4.69) is 130 Å². The SMILES string of the molecule is C1COCCOCCOCCOCCOCCOCCOCCO1.C1COCCOCCOCCOCCOCCOCCOCCO1.CC(C)(C)c1cc(C[NH2+]CCC(=O)OCCC(c2ccc(Cl)cc2)(c2ccc(Cl)cc2)c2ccc(Cl)cc2)cc(C(C)(C)C)c1.CC(C)(C)c1cc(C[NH2+]CCC(=O)OCCC(c2ccc(Cl)cc2)(c2ccc(Cl)cc2)c2ccc(Cl)cc2)cc(C(C)(C)C)c1.O.O.O.O.[Cl-].[Cl-]. The van der Waals surface area contributed by atoms with Gasteiger partial charge < -0.3 is 143 Å². The molecule has 8 aromatic carbocycles. The van der Waals surface area contributed by atoms with Crippen LogP contribution in [0.4, 0.5) is 0 Å². The lowest BCUT2D eigenvalue weighted by molar-refractivity contribution is -0.669. The summed E-state index contributed by atoms with van der Waals surface area (Å²) in [5.41, 5.74) is 13.2. The standard InChI is InChI=1S/2C39H44Cl3NO2.2C16H32O8.2ClH.4H2O/c2*1-37(2,3)31-23-27(24-32(25-31)38(4,5)6)26-43-21-19-36(44)45-22-20-39(28-7-13-33(40)14-8-28,29-9-15-34(41)16-10-29)30-11-17-35(42)18-12-30;2*1-2-18-5-6-20-9-10-22-13-14-24-16-15-23-12-11-21-8-7-19-4-3-17-1;;;;;;/h2*7-18,23-25,43H,19-22,26H2,1-6H3;2*1-16H2;2*1H;4*1H2. The second kappa shape index (κ2) is 76.6. The number of hydrogen-bond donors (Lipinski definition) is 2. The van der Waals surface area contributed by atoms with Crippen LogP contribution in [0.1, 0.15) is 176 Å². The lowest BCUT2D eigenvalue weighted by atomic mass is 9.67. The molecule has 2 aliphatic heterocycles. The Balaban J connectivity index is 0.000000986. The van der Waals surface area contributed by atoms with Crippen molar-refractivity contribution in [1.29, 1.82) is 0 Å². The van der Waals surface area contributed by atoms with Crippen LogP contribution in [0.15, 0.2) is 182 Å². The predicted octanol–water partition coefficient (Wildman–Crippen LogP) is 10.3. The van der Waals surface area contributed by atoms with Gasteiger partial charge in [-0.25, -0.2) is 0 Å². The van der Waals surface area contributed by atoms with Gasteiger partial charge in [0.25, 0.3) is 0 Å². The second-order valence-electron chi connectivity index (χ2n) is 37.5. The number of benzene rings is 8. The van der Waals surface area contributed by atoms with Gasteiger partial charge in [0.2, 0.25) is 0 Å². The summed E-state index contributed by atoms with van der Waals surface area (Å²) in [5.74, 6) is -0.412. The summed E-state index contributed by atoms with van der Waals surface area (Å²) in [7, 11) is 0. The lowest BCUT2D eigenvalue weighted by Crippen LogP contribution is -3.00. The van der Waals surface area contributed by atoms with E-state index in [9.17, 15) is 9.59 Å². The number of carbonyl (C=O) groups is 2. The average Bonchev–Trinajstić information content (AvgIpc) is 0.755. The van der Waals surface area contributed by atoms with Crippen molar-refractivity contribution in [1.82, 2.24) is 0 Å². The topological polar surface area (TPSA) is 360 Å². The van der Waals surface area contributed by atoms with Crippen molar-refractivity contribution < 1.29 is 152 Å². The Kier molecular flexibility index (Phi) is 72.4. The van der Waals surface area contributed by atoms with Crippen LogP contribution in [0.3, 0.4) is 0 Å². The lowest BCUT2D eigenvalue weighted by Gasteiger charge is -2.36. The van der Waals surface area contributed by atoms with Gasteiger partial charge >= 0.3 is 11.9 Å². The summed E-state index contributed by atoms with van der Waals surface area (Å²) < 4.78 is 98.0. The fraction of sp³-hybridized carbons (Fsp3) is 0.545. The maximum atomic E-state index is 13.0. The molecule has 144 heavy (non-hydrogen) atoms. The van der Waals surface area contributed by atoms with Gasteiger partial charge in [-0.05, 0) is 187 Å². The number of rotatable bonds is 22. The zero-order chi connectivity index (χ0) is 99.6. The van der Waals surface area contributed by atoms with E-state index in [1.54, 1.807) is 0 Å². The number of quaternary nitrogens is 2. The van der Waals surface area contributed by atoms with Gasteiger partial charge in [0.1, 0.15) is 13.1 Å². The first-order valence-corrected chi connectivity index (χ1v) is 50.7. The summed E-state index contributed by atoms with van der Waals surface area (Å²) in [5, 5.41) is 8.31. The highest BCUT2D eigenvalue weighted by molar-refractivity contribution is 6.32. The van der Waals surface area contributed by atoms with Crippen LogP contribution in [-0.2, 0) is 140 Å². The van der Waals surface area contributed by atoms with E-state index < -0.39 is 10.8 Å². The molecule has 0 amide bonds. The maximum absolute atomic E-state index is 13.0. The first-order chi connectivity index (χ1) is 66.4. The molecule has 0 saturated carbocycles. The Morgan fingerprint density at radius 3 is 0.507 bits per heavy atom. The van der Waals surface area contributed by atoms with Gasteiger partial charge in [-0.2, -0.15) is 0 Å². The van der Waals surface area contributed by atoms with Crippen LogP contribution in [0, 0.1) is 0 Å². The minimum atomic E-state index is -0.616. The number of ether oxygens (including phenoxy) is 18. The van der Waals surface area contributed by atoms with E-state index in [0.717, 1.165) is 46.5 Å². The van der Waals surface area contributed by atoms with Crippen LogP contribution in [0.2, 0.25) is 30.1 Å². The van der Waals surface area contributed by atoms with Gasteiger partial charge in [-0.15, -0.1) is 0 Å². The Morgan fingerprint density at radius 2 is 0.375 bits per heavy atom. The molecule has 0 unspecified atom stereocenters. The number of esters is 2. The van der Waals surface area contributed by atoms with Crippen molar-refractivity contribution in [3.05, 3.63) is 279 Å². The Hall–Kier alpha value is -5.86. The normalized spacial score (nSPS) is 15.7. The van der Waals surface area contributed by atoms with Crippen molar-refractivity contribution in [2.24, 2.45) is 0 Å². The molecule has 2 saturated heterocycles. The zero-order valence-electron chi connectivity index (χ0n) is 86.4. The second-order valence-corrected chi connectivity index (χ2v) is 40.1. The van der Waals surface area contributed by atoms with Gasteiger partial charge in [0.15, 0.2) is 0 Å². The monoisotopic (exact) mass is 2170 g/mol. The zero-order valence-corrected chi connectivity index (χ0v) is 92.4. The molecular weight excluding hydrogens is 2020 g/mol. The summed E-state index contributed by atoms with van der Waals surface area (Å²) >= 11 is 37.7. The molecule has 0 bridgehead atoms. The third-order valence-corrected chi connectivity index (χ3v) is 24.3. The van der Waals surface area contributed by atoms with Crippen molar-refractivity contribution in [2.75, 3.05) is 238 Å². The molecule has 2 aliphatic rings.